The van der Waals surface area contributed by atoms with Gasteiger partial charge in [0.15, 0.2) is 11.5 Å². The van der Waals surface area contributed by atoms with Crippen LogP contribution in [0.1, 0.15) is 0 Å². The van der Waals surface area contributed by atoms with Gasteiger partial charge in [0, 0.05) is 17.6 Å². The summed E-state index contributed by atoms with van der Waals surface area (Å²) >= 11 is 0. The van der Waals surface area contributed by atoms with Gasteiger partial charge >= 0.3 is 0 Å². The number of benzene rings is 2. The number of rotatable bonds is 4. The van der Waals surface area contributed by atoms with Crippen molar-refractivity contribution in [3.05, 3.63) is 81.1 Å². The predicted molar refractivity (Wildman–Crippen MR) is 105 cm³/mol. The smallest absolute Gasteiger partial charge is 0.280 e. The minimum Gasteiger partial charge on any atom is -0.355 e. The third kappa shape index (κ3) is 2.92. The van der Waals surface area contributed by atoms with E-state index in [1.807, 2.05) is 18.2 Å². The van der Waals surface area contributed by atoms with E-state index in [4.69, 9.17) is 9.05 Å². The number of pyridine rings is 1. The van der Waals surface area contributed by atoms with Gasteiger partial charge < -0.3 is 14.0 Å². The Kier molecular flexibility index (Phi) is 3.95. The molecule has 5 aromatic rings. The molecule has 0 unspecified atom stereocenters. The third-order valence-corrected chi connectivity index (χ3v) is 4.52. The number of hydrogen-bond donors (Lipinski definition) is 1. The summed E-state index contributed by atoms with van der Waals surface area (Å²) in [5.74, 6) is 0.291. The second-order valence-electron chi connectivity index (χ2n) is 6.37. The minimum atomic E-state index is -0.506. The third-order valence-electron chi connectivity index (χ3n) is 4.52. The van der Waals surface area contributed by atoms with Gasteiger partial charge in [-0.3, -0.25) is 14.9 Å². The van der Waals surface area contributed by atoms with Crippen LogP contribution in [-0.4, -0.2) is 25.2 Å². The molecule has 3 heterocycles. The Morgan fingerprint density at radius 2 is 1.73 bits per heavy atom. The highest BCUT2D eigenvalue weighted by Crippen LogP contribution is 2.32. The van der Waals surface area contributed by atoms with Gasteiger partial charge in [0.1, 0.15) is 0 Å². The maximum atomic E-state index is 12.4. The molecule has 0 atom stereocenters. The summed E-state index contributed by atoms with van der Waals surface area (Å²) in [6.45, 7) is 0. The van der Waals surface area contributed by atoms with E-state index in [0.29, 0.717) is 5.52 Å². The molecule has 10 nitrogen and oxygen atoms in total. The van der Waals surface area contributed by atoms with Gasteiger partial charge in [-0.15, -0.1) is 0 Å². The molecular weight excluding hydrogens is 390 g/mol. The van der Waals surface area contributed by atoms with Crippen molar-refractivity contribution in [2.75, 3.05) is 0 Å². The number of para-hydroxylation sites is 2. The molecule has 1 N–H and O–H groups in total. The molecule has 0 radical (unpaired) electrons. The van der Waals surface area contributed by atoms with Crippen LogP contribution in [-0.2, 0) is 0 Å². The fourth-order valence-electron chi connectivity index (χ4n) is 3.09. The number of aromatic nitrogens is 4. The van der Waals surface area contributed by atoms with Gasteiger partial charge in [0.2, 0.25) is 5.82 Å². The summed E-state index contributed by atoms with van der Waals surface area (Å²) in [6, 6.07) is 16.6. The zero-order valence-electron chi connectivity index (χ0n) is 15.1. The van der Waals surface area contributed by atoms with Crippen molar-refractivity contribution in [1.29, 1.82) is 0 Å². The van der Waals surface area contributed by atoms with E-state index in [9.17, 15) is 14.9 Å². The molecule has 0 bridgehead atoms. The van der Waals surface area contributed by atoms with Crippen molar-refractivity contribution in [3.63, 3.8) is 0 Å². The predicted octanol–water partition coefficient (Wildman–Crippen LogP) is 3.81. The quantitative estimate of drug-likeness (QED) is 0.354. The van der Waals surface area contributed by atoms with Gasteiger partial charge in [0.25, 0.3) is 17.1 Å². The standard InChI is InChI=1S/C20H11N5O5/c26-19-13(9-11-5-1-3-7-14(11)21-19)18-22-20(30-24-18)15-10-17(29-23-15)12-6-2-4-8-16(12)25(27)28/h1-10H,(H,21,26). The molecule has 3 aromatic heterocycles. The SMILES string of the molecule is O=c1[nH]c2ccccc2cc1-c1noc(-c2cc(-c3ccccc3[N+](=O)[O-])on2)n1. The second-order valence-corrected chi connectivity index (χ2v) is 6.37. The summed E-state index contributed by atoms with van der Waals surface area (Å²) in [6.07, 6.45) is 0. The number of fused-ring (bicyclic) bond motifs is 1. The molecule has 0 aliphatic heterocycles. The Hall–Kier alpha value is -4.60. The molecule has 0 fully saturated rings. The van der Waals surface area contributed by atoms with Crippen LogP contribution in [0.15, 0.2) is 74.5 Å². The van der Waals surface area contributed by atoms with Crippen LogP contribution in [0.2, 0.25) is 0 Å². The minimum absolute atomic E-state index is 0.0196. The lowest BCUT2D eigenvalue weighted by atomic mass is 10.1. The highest BCUT2D eigenvalue weighted by atomic mass is 16.6. The van der Waals surface area contributed by atoms with E-state index in [1.165, 1.54) is 12.1 Å². The molecule has 5 rings (SSSR count). The van der Waals surface area contributed by atoms with E-state index in [-0.39, 0.29) is 45.5 Å². The number of nitro groups is 1. The molecule has 0 saturated carbocycles. The van der Waals surface area contributed by atoms with E-state index in [2.05, 4.69) is 20.3 Å². The van der Waals surface area contributed by atoms with E-state index >= 15 is 0 Å². The first kappa shape index (κ1) is 17.5. The highest BCUT2D eigenvalue weighted by molar-refractivity contribution is 5.82. The van der Waals surface area contributed by atoms with E-state index in [1.54, 1.807) is 30.3 Å². The average molecular weight is 401 g/mol. The van der Waals surface area contributed by atoms with Crippen LogP contribution in [0.5, 0.6) is 0 Å². The molecule has 2 aromatic carbocycles. The lowest BCUT2D eigenvalue weighted by molar-refractivity contribution is -0.384. The summed E-state index contributed by atoms with van der Waals surface area (Å²) in [5, 5.41) is 19.8. The fraction of sp³-hybridized carbons (Fsp3) is 0. The molecule has 30 heavy (non-hydrogen) atoms. The molecule has 0 aliphatic carbocycles. The van der Waals surface area contributed by atoms with Crippen molar-refractivity contribution >= 4 is 16.6 Å². The van der Waals surface area contributed by atoms with E-state index in [0.717, 1.165) is 5.39 Å². The first-order chi connectivity index (χ1) is 14.6. The number of H-pyrrole nitrogens is 1. The molecule has 0 spiro atoms. The Bertz CT molecular complexity index is 1470. The first-order valence-electron chi connectivity index (χ1n) is 8.77. The van der Waals surface area contributed by atoms with Gasteiger partial charge in [-0.25, -0.2) is 0 Å². The Morgan fingerprint density at radius 3 is 2.60 bits per heavy atom. The zero-order valence-corrected chi connectivity index (χ0v) is 15.1. The average Bonchev–Trinajstić information content (AvgIpc) is 3.43. The largest absolute Gasteiger partial charge is 0.355 e. The van der Waals surface area contributed by atoms with Crippen molar-refractivity contribution in [2.45, 2.75) is 0 Å². The lowest BCUT2D eigenvalue weighted by Crippen LogP contribution is -2.09. The number of nitrogens with zero attached hydrogens (tertiary/aromatic N) is 4. The summed E-state index contributed by atoms with van der Waals surface area (Å²) < 4.78 is 10.5. The summed E-state index contributed by atoms with van der Waals surface area (Å²) in [4.78, 5) is 30.1. The normalized spacial score (nSPS) is 11.1. The number of nitro benzene ring substituents is 1. The maximum absolute atomic E-state index is 12.4. The fourth-order valence-corrected chi connectivity index (χ4v) is 3.09. The van der Waals surface area contributed by atoms with Gasteiger partial charge in [-0.1, -0.05) is 40.6 Å². The van der Waals surface area contributed by atoms with Gasteiger partial charge in [-0.2, -0.15) is 4.98 Å². The molecule has 146 valence electrons. The van der Waals surface area contributed by atoms with Crippen LogP contribution < -0.4 is 5.56 Å². The van der Waals surface area contributed by atoms with Crippen LogP contribution in [0.3, 0.4) is 0 Å². The van der Waals surface area contributed by atoms with Gasteiger partial charge in [-0.05, 0) is 23.6 Å². The van der Waals surface area contributed by atoms with Crippen molar-refractivity contribution in [1.82, 2.24) is 20.3 Å². The highest BCUT2D eigenvalue weighted by Gasteiger charge is 2.21. The summed E-state index contributed by atoms with van der Waals surface area (Å²) in [5.41, 5.74) is 0.925. The van der Waals surface area contributed by atoms with Crippen molar-refractivity contribution in [3.8, 4) is 34.3 Å². The maximum Gasteiger partial charge on any atom is 0.280 e. The van der Waals surface area contributed by atoms with Crippen LogP contribution in [0, 0.1) is 10.1 Å². The Labute approximate surface area is 166 Å². The molecule has 0 aliphatic rings. The number of aromatic amines is 1. The second kappa shape index (κ2) is 6.78. The van der Waals surface area contributed by atoms with Crippen molar-refractivity contribution in [2.24, 2.45) is 0 Å². The summed E-state index contributed by atoms with van der Waals surface area (Å²) in [7, 11) is 0. The topological polar surface area (TPSA) is 141 Å². The molecule has 10 heteroatoms. The number of nitrogens with one attached hydrogen (secondary N) is 1. The Balaban J connectivity index is 1.53. The van der Waals surface area contributed by atoms with E-state index < -0.39 is 4.92 Å². The Morgan fingerprint density at radius 1 is 0.933 bits per heavy atom. The molecule has 0 saturated heterocycles. The van der Waals surface area contributed by atoms with Crippen molar-refractivity contribution < 1.29 is 14.0 Å². The first-order valence-corrected chi connectivity index (χ1v) is 8.77. The monoisotopic (exact) mass is 401 g/mol. The molecular formula is C20H11N5O5. The van der Waals surface area contributed by atoms with Gasteiger partial charge in [0.05, 0.1) is 16.1 Å². The van der Waals surface area contributed by atoms with Crippen LogP contribution >= 0.6 is 0 Å². The zero-order chi connectivity index (χ0) is 20.7. The lowest BCUT2D eigenvalue weighted by Gasteiger charge is -1.98. The van der Waals surface area contributed by atoms with Crippen LogP contribution in [0.4, 0.5) is 5.69 Å². The molecule has 0 amide bonds. The van der Waals surface area contributed by atoms with Crippen LogP contribution in [0.25, 0.3) is 45.2 Å². The number of hydrogen-bond acceptors (Lipinski definition) is 8.